The van der Waals surface area contributed by atoms with Gasteiger partial charge in [0.15, 0.2) is 0 Å². The summed E-state index contributed by atoms with van der Waals surface area (Å²) in [7, 11) is 1.82. The molecule has 0 amide bonds. The molecule has 1 unspecified atom stereocenters. The number of nitrogens with zero attached hydrogens (tertiary/aromatic N) is 2. The molecule has 0 aliphatic rings. The van der Waals surface area contributed by atoms with Gasteiger partial charge in [-0.05, 0) is 30.7 Å². The van der Waals surface area contributed by atoms with E-state index < -0.39 is 17.7 Å². The molecule has 108 valence electrons. The van der Waals surface area contributed by atoms with Gasteiger partial charge in [0.25, 0.3) is 0 Å². The molecule has 1 heterocycles. The van der Waals surface area contributed by atoms with Gasteiger partial charge >= 0.3 is 0 Å². The third kappa shape index (κ3) is 3.40. The van der Waals surface area contributed by atoms with Crippen molar-refractivity contribution >= 4 is 0 Å². The summed E-state index contributed by atoms with van der Waals surface area (Å²) in [6.07, 6.45) is 4.28. The molecule has 6 heteroatoms. The Hall–Kier alpha value is -1.79. The van der Waals surface area contributed by atoms with Crippen LogP contribution in [0.5, 0.6) is 0 Å². The van der Waals surface area contributed by atoms with Crippen LogP contribution >= 0.6 is 0 Å². The average Bonchev–Trinajstić information content (AvgIpc) is 2.82. The molecule has 0 spiro atoms. The number of aliphatic hydroxyl groups is 1. The maximum absolute atomic E-state index is 13.6. The lowest BCUT2D eigenvalue weighted by Crippen LogP contribution is -2.28. The monoisotopic (exact) mass is 281 g/mol. The van der Waals surface area contributed by atoms with E-state index in [1.807, 2.05) is 13.2 Å². The van der Waals surface area contributed by atoms with Crippen LogP contribution in [0.1, 0.15) is 17.2 Å². The van der Waals surface area contributed by atoms with E-state index in [9.17, 15) is 13.9 Å². The number of halogens is 2. The lowest BCUT2D eigenvalue weighted by atomic mass is 10.1. The van der Waals surface area contributed by atoms with E-state index in [1.54, 1.807) is 10.9 Å². The van der Waals surface area contributed by atoms with E-state index in [1.165, 1.54) is 18.2 Å². The van der Waals surface area contributed by atoms with Crippen LogP contribution in [0.3, 0.4) is 0 Å². The van der Waals surface area contributed by atoms with Crippen molar-refractivity contribution in [3.63, 3.8) is 0 Å². The summed E-state index contributed by atoms with van der Waals surface area (Å²) in [5, 5.41) is 16.3. The molecular formula is C14H17F2N3O. The first kappa shape index (κ1) is 14.6. The van der Waals surface area contributed by atoms with Crippen molar-refractivity contribution in [3.05, 3.63) is 53.4 Å². The van der Waals surface area contributed by atoms with Crippen LogP contribution in [-0.2, 0) is 13.5 Å². The van der Waals surface area contributed by atoms with Crippen molar-refractivity contribution in [3.8, 4) is 0 Å². The van der Waals surface area contributed by atoms with E-state index in [-0.39, 0.29) is 12.2 Å². The maximum Gasteiger partial charge on any atom is 0.131 e. The Morgan fingerprint density at radius 2 is 2.05 bits per heavy atom. The molecule has 1 aromatic heterocycles. The van der Waals surface area contributed by atoms with Gasteiger partial charge in [0.05, 0.1) is 18.8 Å². The highest BCUT2D eigenvalue weighted by Gasteiger charge is 2.18. The summed E-state index contributed by atoms with van der Waals surface area (Å²) < 4.78 is 29.0. The van der Waals surface area contributed by atoms with Gasteiger partial charge in [-0.15, -0.1) is 0 Å². The van der Waals surface area contributed by atoms with Crippen molar-refractivity contribution in [2.75, 3.05) is 13.2 Å². The van der Waals surface area contributed by atoms with Crippen molar-refractivity contribution in [2.24, 2.45) is 7.05 Å². The van der Waals surface area contributed by atoms with Gasteiger partial charge in [0.2, 0.25) is 0 Å². The van der Waals surface area contributed by atoms with Crippen LogP contribution in [0, 0.1) is 11.6 Å². The average molecular weight is 281 g/mol. The smallest absolute Gasteiger partial charge is 0.131 e. The summed E-state index contributed by atoms with van der Waals surface area (Å²) >= 11 is 0. The molecule has 0 radical (unpaired) electrons. The summed E-state index contributed by atoms with van der Waals surface area (Å²) in [6.45, 7) is 0.121. The molecule has 1 atom stereocenters. The van der Waals surface area contributed by atoms with Gasteiger partial charge in [-0.2, -0.15) is 5.10 Å². The SMILES string of the molecule is Cn1cc(CCNC(CO)c2c(F)cccc2F)cn1. The number of hydrogen-bond donors (Lipinski definition) is 2. The number of rotatable bonds is 6. The number of aryl methyl sites for hydroxylation is 1. The Balaban J connectivity index is 1.99. The van der Waals surface area contributed by atoms with Crippen molar-refractivity contribution in [1.82, 2.24) is 15.1 Å². The lowest BCUT2D eigenvalue weighted by Gasteiger charge is -2.17. The molecule has 2 rings (SSSR count). The highest BCUT2D eigenvalue weighted by Crippen LogP contribution is 2.20. The van der Waals surface area contributed by atoms with E-state index >= 15 is 0 Å². The molecule has 2 N–H and O–H groups in total. The first-order valence-electron chi connectivity index (χ1n) is 6.37. The minimum Gasteiger partial charge on any atom is -0.394 e. The van der Waals surface area contributed by atoms with Crippen LogP contribution < -0.4 is 5.32 Å². The fourth-order valence-electron chi connectivity index (χ4n) is 2.09. The predicted molar refractivity (Wildman–Crippen MR) is 71.1 cm³/mol. The number of hydrogen-bond acceptors (Lipinski definition) is 3. The van der Waals surface area contributed by atoms with Gasteiger partial charge in [-0.3, -0.25) is 4.68 Å². The molecule has 0 aliphatic carbocycles. The third-order valence-electron chi connectivity index (χ3n) is 3.09. The zero-order valence-electron chi connectivity index (χ0n) is 11.2. The topological polar surface area (TPSA) is 50.1 Å². The molecule has 0 fully saturated rings. The summed E-state index contributed by atoms with van der Waals surface area (Å²) in [4.78, 5) is 0. The van der Waals surface area contributed by atoms with Crippen molar-refractivity contribution in [2.45, 2.75) is 12.5 Å². The Morgan fingerprint density at radius 1 is 1.35 bits per heavy atom. The van der Waals surface area contributed by atoms with E-state index in [2.05, 4.69) is 10.4 Å². The number of aliphatic hydroxyl groups excluding tert-OH is 1. The second-order valence-electron chi connectivity index (χ2n) is 4.60. The van der Waals surface area contributed by atoms with Crippen molar-refractivity contribution in [1.29, 1.82) is 0 Å². The van der Waals surface area contributed by atoms with Gasteiger partial charge < -0.3 is 10.4 Å². The minimum atomic E-state index is -0.757. The number of benzene rings is 1. The number of aromatic nitrogens is 2. The fraction of sp³-hybridized carbons (Fsp3) is 0.357. The van der Waals surface area contributed by atoms with Gasteiger partial charge in [-0.1, -0.05) is 6.07 Å². The van der Waals surface area contributed by atoms with Crippen LogP contribution in [0.25, 0.3) is 0 Å². The summed E-state index contributed by atoms with van der Waals surface area (Å²) in [6, 6.07) is 2.92. The molecule has 4 nitrogen and oxygen atoms in total. The van der Waals surface area contributed by atoms with Gasteiger partial charge in [0, 0.05) is 18.8 Å². The Labute approximate surface area is 116 Å². The molecule has 0 bridgehead atoms. The first-order chi connectivity index (χ1) is 9.61. The van der Waals surface area contributed by atoms with Crippen LogP contribution in [0.4, 0.5) is 8.78 Å². The maximum atomic E-state index is 13.6. The van der Waals surface area contributed by atoms with E-state index in [4.69, 9.17) is 0 Å². The highest BCUT2D eigenvalue weighted by molar-refractivity contribution is 5.23. The normalized spacial score (nSPS) is 12.6. The van der Waals surface area contributed by atoms with Crippen LogP contribution in [-0.4, -0.2) is 28.0 Å². The Bertz CT molecular complexity index is 551. The second-order valence-corrected chi connectivity index (χ2v) is 4.60. The molecule has 1 aromatic carbocycles. The standard InChI is InChI=1S/C14H17F2N3O/c1-19-8-10(7-18-19)5-6-17-13(9-20)14-11(15)3-2-4-12(14)16/h2-4,7-8,13,17,20H,5-6,9H2,1H3. The van der Waals surface area contributed by atoms with E-state index in [0.29, 0.717) is 13.0 Å². The molecule has 0 aliphatic heterocycles. The number of nitrogens with one attached hydrogen (secondary N) is 1. The van der Waals surface area contributed by atoms with Gasteiger partial charge in [-0.25, -0.2) is 8.78 Å². The first-order valence-corrected chi connectivity index (χ1v) is 6.37. The lowest BCUT2D eigenvalue weighted by molar-refractivity contribution is 0.238. The minimum absolute atomic E-state index is 0.124. The molecule has 0 saturated carbocycles. The summed E-state index contributed by atoms with van der Waals surface area (Å²) in [5.41, 5.74) is 0.895. The second kappa shape index (κ2) is 6.58. The predicted octanol–water partition coefficient (Wildman–Crippen LogP) is 1.56. The largest absolute Gasteiger partial charge is 0.394 e. The Morgan fingerprint density at radius 3 is 2.60 bits per heavy atom. The highest BCUT2D eigenvalue weighted by atomic mass is 19.1. The summed E-state index contributed by atoms with van der Waals surface area (Å²) in [5.74, 6) is -1.31. The van der Waals surface area contributed by atoms with Gasteiger partial charge in [0.1, 0.15) is 11.6 Å². The molecular weight excluding hydrogens is 264 g/mol. The zero-order chi connectivity index (χ0) is 14.5. The van der Waals surface area contributed by atoms with Crippen LogP contribution in [0.2, 0.25) is 0 Å². The quantitative estimate of drug-likeness (QED) is 0.845. The fourth-order valence-corrected chi connectivity index (χ4v) is 2.09. The third-order valence-corrected chi connectivity index (χ3v) is 3.09. The molecule has 0 saturated heterocycles. The van der Waals surface area contributed by atoms with Crippen LogP contribution in [0.15, 0.2) is 30.6 Å². The molecule has 2 aromatic rings. The Kier molecular flexibility index (Phi) is 4.81. The van der Waals surface area contributed by atoms with E-state index in [0.717, 1.165) is 5.56 Å². The van der Waals surface area contributed by atoms with Crippen molar-refractivity contribution < 1.29 is 13.9 Å². The zero-order valence-corrected chi connectivity index (χ0v) is 11.2. The molecule has 20 heavy (non-hydrogen) atoms.